The van der Waals surface area contributed by atoms with Crippen molar-refractivity contribution >= 4 is 17.4 Å². The van der Waals surface area contributed by atoms with E-state index in [0.717, 1.165) is 0 Å². The number of amides is 1. The van der Waals surface area contributed by atoms with Crippen LogP contribution in [0.2, 0.25) is 0 Å². The molecule has 0 bridgehead atoms. The maximum absolute atomic E-state index is 13.1. The minimum atomic E-state index is -0.912. The fourth-order valence-electron chi connectivity index (χ4n) is 3.84. The summed E-state index contributed by atoms with van der Waals surface area (Å²) in [6, 6.07) is 10.7. The Labute approximate surface area is 198 Å². The minimum Gasteiger partial charge on any atom is -0.507 e. The summed E-state index contributed by atoms with van der Waals surface area (Å²) in [5.74, 6) is -0.322. The molecule has 1 fully saturated rings. The molecule has 0 aliphatic carbocycles. The maximum atomic E-state index is 13.1. The molecule has 182 valence electrons. The summed E-state index contributed by atoms with van der Waals surface area (Å²) in [5, 5.41) is 20.1. The van der Waals surface area contributed by atoms with E-state index in [2.05, 4.69) is 0 Å². The predicted octanol–water partition coefficient (Wildman–Crippen LogP) is 2.53. The Morgan fingerprint density at radius 1 is 1.00 bits per heavy atom. The summed E-state index contributed by atoms with van der Waals surface area (Å²) >= 11 is 0. The third-order valence-corrected chi connectivity index (χ3v) is 5.43. The van der Waals surface area contributed by atoms with Gasteiger partial charge in [-0.25, -0.2) is 0 Å². The normalized spacial score (nSPS) is 17.2. The van der Waals surface area contributed by atoms with Crippen LogP contribution in [0, 0.1) is 0 Å². The van der Waals surface area contributed by atoms with Gasteiger partial charge in [0.25, 0.3) is 11.7 Å². The number of benzene rings is 2. The topological polar surface area (TPSA) is 115 Å². The lowest BCUT2D eigenvalue weighted by molar-refractivity contribution is -0.140. The highest BCUT2D eigenvalue weighted by Gasteiger charge is 2.47. The summed E-state index contributed by atoms with van der Waals surface area (Å²) in [5.41, 5.74) is 0.826. The van der Waals surface area contributed by atoms with E-state index in [0.29, 0.717) is 35.0 Å². The number of methoxy groups -OCH3 is 2. The zero-order valence-electron chi connectivity index (χ0n) is 19.4. The molecule has 0 radical (unpaired) electrons. The van der Waals surface area contributed by atoms with Crippen LogP contribution in [0.3, 0.4) is 0 Å². The third-order valence-electron chi connectivity index (χ3n) is 5.43. The standard InChI is InChI=1S/C25H29NO8/c1-4-34-17-7-5-16(6-8-17)23(28)21-22(19-10-9-18(31-2)15-20(19)32-3)26(25(30)24(21)29)11-13-33-14-12-27/h5-10,15,22,27-28H,4,11-14H2,1-3H3/t22-/m0/s1. The molecular weight excluding hydrogens is 442 g/mol. The average molecular weight is 472 g/mol. The first kappa shape index (κ1) is 25.1. The molecule has 1 aliphatic rings. The van der Waals surface area contributed by atoms with Gasteiger partial charge in [-0.15, -0.1) is 0 Å². The predicted molar refractivity (Wildman–Crippen MR) is 124 cm³/mol. The van der Waals surface area contributed by atoms with E-state index in [4.69, 9.17) is 24.1 Å². The average Bonchev–Trinajstić information content (AvgIpc) is 3.11. The summed E-state index contributed by atoms with van der Waals surface area (Å²) in [6.45, 7) is 2.48. The van der Waals surface area contributed by atoms with Gasteiger partial charge in [-0.1, -0.05) is 0 Å². The lowest BCUT2D eigenvalue weighted by Gasteiger charge is -2.26. The number of ketones is 1. The molecule has 1 heterocycles. The molecule has 1 aliphatic heterocycles. The lowest BCUT2D eigenvalue weighted by Crippen LogP contribution is -2.33. The second-order valence-corrected chi connectivity index (χ2v) is 7.39. The third kappa shape index (κ3) is 5.16. The number of hydrogen-bond acceptors (Lipinski definition) is 8. The van der Waals surface area contributed by atoms with Gasteiger partial charge in [-0.05, 0) is 43.3 Å². The quantitative estimate of drug-likeness (QED) is 0.222. The summed E-state index contributed by atoms with van der Waals surface area (Å²) < 4.78 is 21.6. The Balaban J connectivity index is 2.11. The SMILES string of the molecule is CCOc1ccc(C(O)=C2C(=O)C(=O)N(CCOCCO)[C@H]2c2ccc(OC)cc2OC)cc1. The van der Waals surface area contributed by atoms with Crippen LogP contribution in [-0.4, -0.2) is 74.0 Å². The van der Waals surface area contributed by atoms with Gasteiger partial charge in [0, 0.05) is 23.7 Å². The number of likely N-dealkylation sites (tertiary alicyclic amines) is 1. The van der Waals surface area contributed by atoms with E-state index < -0.39 is 17.7 Å². The number of carbonyl (C=O) groups excluding carboxylic acids is 2. The maximum Gasteiger partial charge on any atom is 0.295 e. The molecule has 1 amide bonds. The van der Waals surface area contributed by atoms with Crippen molar-refractivity contribution < 1.29 is 38.7 Å². The van der Waals surface area contributed by atoms with Crippen LogP contribution < -0.4 is 14.2 Å². The number of carbonyl (C=O) groups is 2. The molecule has 3 rings (SSSR count). The molecular formula is C25H29NO8. The number of ether oxygens (including phenoxy) is 4. The Hall–Kier alpha value is -3.56. The molecule has 0 saturated carbocycles. The van der Waals surface area contributed by atoms with Gasteiger partial charge in [0.05, 0.1) is 52.3 Å². The number of Topliss-reactive ketones (excluding diaryl/α,β-unsaturated/α-hetero) is 1. The molecule has 0 unspecified atom stereocenters. The molecule has 2 N–H and O–H groups in total. The molecule has 0 spiro atoms. The molecule has 2 aromatic carbocycles. The highest BCUT2D eigenvalue weighted by molar-refractivity contribution is 6.46. The Kier molecular flexibility index (Phi) is 8.50. The monoisotopic (exact) mass is 471 g/mol. The van der Waals surface area contributed by atoms with Crippen LogP contribution in [-0.2, 0) is 14.3 Å². The number of hydrogen-bond donors (Lipinski definition) is 2. The first-order valence-electron chi connectivity index (χ1n) is 10.9. The number of nitrogens with zero attached hydrogens (tertiary/aromatic N) is 1. The van der Waals surface area contributed by atoms with Crippen LogP contribution in [0.4, 0.5) is 0 Å². The zero-order valence-corrected chi connectivity index (χ0v) is 19.4. The van der Waals surface area contributed by atoms with Gasteiger partial charge in [-0.2, -0.15) is 0 Å². The van der Waals surface area contributed by atoms with Crippen molar-refractivity contribution in [3.05, 3.63) is 59.2 Å². The minimum absolute atomic E-state index is 0.0558. The fourth-order valence-corrected chi connectivity index (χ4v) is 3.84. The fraction of sp³-hybridized carbons (Fsp3) is 0.360. The molecule has 34 heavy (non-hydrogen) atoms. The largest absolute Gasteiger partial charge is 0.507 e. The van der Waals surface area contributed by atoms with E-state index in [9.17, 15) is 14.7 Å². The second kappa shape index (κ2) is 11.5. The van der Waals surface area contributed by atoms with E-state index in [1.54, 1.807) is 42.5 Å². The van der Waals surface area contributed by atoms with Gasteiger partial charge in [0.1, 0.15) is 23.0 Å². The number of aliphatic hydroxyl groups excluding tert-OH is 2. The Bertz CT molecular complexity index is 1050. The molecule has 1 atom stereocenters. The Morgan fingerprint density at radius 2 is 1.71 bits per heavy atom. The van der Waals surface area contributed by atoms with Gasteiger partial charge >= 0.3 is 0 Å². The number of rotatable bonds is 11. The van der Waals surface area contributed by atoms with Crippen molar-refractivity contribution in [3.63, 3.8) is 0 Å². The van der Waals surface area contributed by atoms with Gasteiger partial charge in [0.2, 0.25) is 0 Å². The van der Waals surface area contributed by atoms with Crippen molar-refractivity contribution in [1.82, 2.24) is 4.90 Å². The molecule has 9 nitrogen and oxygen atoms in total. The van der Waals surface area contributed by atoms with E-state index in [1.807, 2.05) is 6.92 Å². The van der Waals surface area contributed by atoms with Crippen molar-refractivity contribution in [1.29, 1.82) is 0 Å². The van der Waals surface area contributed by atoms with Crippen molar-refractivity contribution in [3.8, 4) is 17.2 Å². The molecule has 0 aromatic heterocycles. The Morgan fingerprint density at radius 3 is 2.32 bits per heavy atom. The van der Waals surface area contributed by atoms with Gasteiger partial charge in [0.15, 0.2) is 0 Å². The van der Waals surface area contributed by atoms with Crippen LogP contribution in [0.1, 0.15) is 24.1 Å². The van der Waals surface area contributed by atoms with Gasteiger partial charge in [-0.3, -0.25) is 9.59 Å². The number of aliphatic hydroxyl groups is 2. The second-order valence-electron chi connectivity index (χ2n) is 7.39. The first-order valence-corrected chi connectivity index (χ1v) is 10.9. The summed E-state index contributed by atoms with van der Waals surface area (Å²) in [7, 11) is 2.99. The molecule has 9 heteroatoms. The zero-order chi connectivity index (χ0) is 24.7. The van der Waals surface area contributed by atoms with Crippen LogP contribution in [0.5, 0.6) is 17.2 Å². The summed E-state index contributed by atoms with van der Waals surface area (Å²) in [4.78, 5) is 27.5. The lowest BCUT2D eigenvalue weighted by atomic mass is 9.94. The highest BCUT2D eigenvalue weighted by atomic mass is 16.5. The van der Waals surface area contributed by atoms with Crippen molar-refractivity contribution in [2.45, 2.75) is 13.0 Å². The molecule has 1 saturated heterocycles. The van der Waals surface area contributed by atoms with Crippen LogP contribution >= 0.6 is 0 Å². The van der Waals surface area contributed by atoms with Gasteiger partial charge < -0.3 is 34.1 Å². The summed E-state index contributed by atoms with van der Waals surface area (Å²) in [6.07, 6.45) is 0. The smallest absolute Gasteiger partial charge is 0.295 e. The first-order chi connectivity index (χ1) is 16.5. The molecule has 2 aromatic rings. The van der Waals surface area contributed by atoms with E-state index >= 15 is 0 Å². The van der Waals surface area contributed by atoms with E-state index in [1.165, 1.54) is 19.1 Å². The highest BCUT2D eigenvalue weighted by Crippen LogP contribution is 2.43. The van der Waals surface area contributed by atoms with Crippen LogP contribution in [0.25, 0.3) is 5.76 Å². The van der Waals surface area contributed by atoms with Crippen molar-refractivity contribution in [2.75, 3.05) is 47.2 Å². The van der Waals surface area contributed by atoms with Crippen molar-refractivity contribution in [2.24, 2.45) is 0 Å². The van der Waals surface area contributed by atoms with Crippen LogP contribution in [0.15, 0.2) is 48.0 Å². The van der Waals surface area contributed by atoms with E-state index in [-0.39, 0.29) is 37.7 Å².